The molecule has 1 fully saturated rings. The molecule has 0 bridgehead atoms. The second kappa shape index (κ2) is 6.75. The summed E-state index contributed by atoms with van der Waals surface area (Å²) < 4.78 is 5.82. The zero-order chi connectivity index (χ0) is 12.9. The summed E-state index contributed by atoms with van der Waals surface area (Å²) in [6, 6.07) is 0. The van der Waals surface area contributed by atoms with Crippen molar-refractivity contribution in [3.8, 4) is 0 Å². The first kappa shape index (κ1) is 15.0. The molecule has 0 saturated heterocycles. The van der Waals surface area contributed by atoms with Crippen LogP contribution in [-0.4, -0.2) is 24.8 Å². The van der Waals surface area contributed by atoms with E-state index in [4.69, 9.17) is 4.74 Å². The summed E-state index contributed by atoms with van der Waals surface area (Å²) in [5.74, 6) is 1.57. The molecule has 1 rings (SSSR count). The molecule has 1 aliphatic rings. The van der Waals surface area contributed by atoms with Gasteiger partial charge in [-0.05, 0) is 65.8 Å². The van der Waals surface area contributed by atoms with E-state index in [1.54, 1.807) is 0 Å². The highest BCUT2D eigenvalue weighted by Gasteiger charge is 2.26. The third-order valence-electron chi connectivity index (χ3n) is 3.60. The molecule has 2 nitrogen and oxygen atoms in total. The van der Waals surface area contributed by atoms with E-state index in [1.165, 1.54) is 25.7 Å². The maximum Gasteiger partial charge on any atom is 0.0519 e. The van der Waals surface area contributed by atoms with E-state index in [0.29, 0.717) is 6.10 Å². The van der Waals surface area contributed by atoms with Crippen molar-refractivity contribution in [1.29, 1.82) is 0 Å². The molecule has 1 aliphatic carbocycles. The lowest BCUT2D eigenvalue weighted by atomic mass is 9.79. The first-order valence-corrected chi connectivity index (χ1v) is 7.25. The van der Waals surface area contributed by atoms with Crippen LogP contribution in [0.25, 0.3) is 0 Å². The average Bonchev–Trinajstić information content (AvgIpc) is 2.23. The van der Waals surface area contributed by atoms with E-state index in [-0.39, 0.29) is 5.54 Å². The number of ether oxygens (including phenoxy) is 1. The Morgan fingerprint density at radius 1 is 1.12 bits per heavy atom. The Balaban J connectivity index is 2.37. The first-order valence-electron chi connectivity index (χ1n) is 7.25. The van der Waals surface area contributed by atoms with Crippen LogP contribution in [0.15, 0.2) is 0 Å². The van der Waals surface area contributed by atoms with Gasteiger partial charge in [-0.3, -0.25) is 0 Å². The molecule has 0 aromatic heterocycles. The van der Waals surface area contributed by atoms with Crippen LogP contribution < -0.4 is 5.32 Å². The van der Waals surface area contributed by atoms with Crippen molar-refractivity contribution in [2.45, 2.75) is 71.9 Å². The quantitative estimate of drug-likeness (QED) is 0.794. The van der Waals surface area contributed by atoms with Gasteiger partial charge in [0.05, 0.1) is 12.7 Å². The Bertz CT molecular complexity index is 207. The fourth-order valence-electron chi connectivity index (χ4n) is 2.53. The number of rotatable bonds is 5. The highest BCUT2D eigenvalue weighted by Crippen LogP contribution is 2.30. The fourth-order valence-corrected chi connectivity index (χ4v) is 2.53. The van der Waals surface area contributed by atoms with E-state index in [2.05, 4.69) is 39.9 Å². The summed E-state index contributed by atoms with van der Waals surface area (Å²) >= 11 is 0. The lowest BCUT2D eigenvalue weighted by Crippen LogP contribution is -2.42. The molecule has 0 aromatic rings. The Hall–Kier alpha value is -0.0800. The van der Waals surface area contributed by atoms with Gasteiger partial charge in [-0.25, -0.2) is 0 Å². The minimum absolute atomic E-state index is 0.237. The van der Waals surface area contributed by atoms with Crippen molar-refractivity contribution in [1.82, 2.24) is 5.32 Å². The van der Waals surface area contributed by atoms with Gasteiger partial charge in [-0.1, -0.05) is 12.8 Å². The Kier molecular flexibility index (Phi) is 5.94. The molecule has 0 aromatic carbocycles. The van der Waals surface area contributed by atoms with Crippen LogP contribution in [0.4, 0.5) is 0 Å². The van der Waals surface area contributed by atoms with Gasteiger partial charge in [-0.15, -0.1) is 0 Å². The minimum Gasteiger partial charge on any atom is -0.378 e. The van der Waals surface area contributed by atoms with Gasteiger partial charge in [0.15, 0.2) is 0 Å². The molecule has 102 valence electrons. The van der Waals surface area contributed by atoms with E-state index < -0.39 is 0 Å². The van der Waals surface area contributed by atoms with Crippen LogP contribution in [0.3, 0.4) is 0 Å². The topological polar surface area (TPSA) is 21.3 Å². The summed E-state index contributed by atoms with van der Waals surface area (Å²) in [6.45, 7) is 13.1. The molecule has 0 amide bonds. The van der Waals surface area contributed by atoms with Crippen LogP contribution in [-0.2, 0) is 4.74 Å². The van der Waals surface area contributed by atoms with Gasteiger partial charge < -0.3 is 10.1 Å². The maximum atomic E-state index is 5.82. The van der Waals surface area contributed by atoms with Crippen molar-refractivity contribution in [3.05, 3.63) is 0 Å². The summed E-state index contributed by atoms with van der Waals surface area (Å²) in [5, 5.41) is 3.65. The predicted octanol–water partition coefficient (Wildman–Crippen LogP) is 3.61. The van der Waals surface area contributed by atoms with Gasteiger partial charge >= 0.3 is 0 Å². The third kappa shape index (κ3) is 6.42. The molecule has 0 heterocycles. The van der Waals surface area contributed by atoms with E-state index in [9.17, 15) is 0 Å². The van der Waals surface area contributed by atoms with Gasteiger partial charge in [0.2, 0.25) is 0 Å². The SMILES string of the molecule is CC(C)OCC1CCCCC1CNC(C)(C)C. The number of hydrogen-bond acceptors (Lipinski definition) is 2. The second-order valence-electron chi connectivity index (χ2n) is 6.82. The smallest absolute Gasteiger partial charge is 0.0519 e. The fraction of sp³-hybridized carbons (Fsp3) is 1.00. The number of hydrogen-bond donors (Lipinski definition) is 1. The highest BCUT2D eigenvalue weighted by molar-refractivity contribution is 4.80. The molecular weight excluding hydrogens is 210 g/mol. The average molecular weight is 241 g/mol. The monoisotopic (exact) mass is 241 g/mol. The summed E-state index contributed by atoms with van der Waals surface area (Å²) in [5.41, 5.74) is 0.237. The Morgan fingerprint density at radius 2 is 1.71 bits per heavy atom. The van der Waals surface area contributed by atoms with Crippen molar-refractivity contribution in [2.24, 2.45) is 11.8 Å². The van der Waals surface area contributed by atoms with Gasteiger partial charge in [0.1, 0.15) is 0 Å². The molecule has 2 heteroatoms. The second-order valence-corrected chi connectivity index (χ2v) is 6.82. The van der Waals surface area contributed by atoms with Crippen LogP contribution in [0.5, 0.6) is 0 Å². The molecule has 17 heavy (non-hydrogen) atoms. The molecule has 0 radical (unpaired) electrons. The molecule has 1 saturated carbocycles. The van der Waals surface area contributed by atoms with E-state index in [0.717, 1.165) is 25.0 Å². The molecule has 2 unspecified atom stereocenters. The summed E-state index contributed by atoms with van der Waals surface area (Å²) in [4.78, 5) is 0. The van der Waals surface area contributed by atoms with Crippen molar-refractivity contribution in [3.63, 3.8) is 0 Å². The van der Waals surface area contributed by atoms with Crippen molar-refractivity contribution >= 4 is 0 Å². The van der Waals surface area contributed by atoms with Crippen LogP contribution in [0.2, 0.25) is 0 Å². The van der Waals surface area contributed by atoms with Gasteiger partial charge in [-0.2, -0.15) is 0 Å². The largest absolute Gasteiger partial charge is 0.378 e. The van der Waals surface area contributed by atoms with Crippen LogP contribution in [0, 0.1) is 11.8 Å². The van der Waals surface area contributed by atoms with E-state index in [1.807, 2.05) is 0 Å². The lowest BCUT2D eigenvalue weighted by molar-refractivity contribution is 0.0212. The van der Waals surface area contributed by atoms with Crippen molar-refractivity contribution in [2.75, 3.05) is 13.2 Å². The van der Waals surface area contributed by atoms with Crippen molar-refractivity contribution < 1.29 is 4.74 Å². The molecule has 2 atom stereocenters. The van der Waals surface area contributed by atoms with Gasteiger partial charge in [0.25, 0.3) is 0 Å². The zero-order valence-electron chi connectivity index (χ0n) is 12.4. The first-order chi connectivity index (χ1) is 7.88. The normalized spacial score (nSPS) is 26.5. The number of nitrogens with one attached hydrogen (secondary N) is 1. The molecule has 1 N–H and O–H groups in total. The standard InChI is InChI=1S/C15H31NO/c1-12(2)17-11-14-9-7-6-8-13(14)10-16-15(3,4)5/h12-14,16H,6-11H2,1-5H3. The molecule has 0 spiro atoms. The Morgan fingerprint density at radius 3 is 2.24 bits per heavy atom. The summed E-state index contributed by atoms with van der Waals surface area (Å²) in [6.07, 6.45) is 5.87. The van der Waals surface area contributed by atoms with Crippen LogP contribution in [0.1, 0.15) is 60.3 Å². The maximum absolute atomic E-state index is 5.82. The molecular formula is C15H31NO. The lowest BCUT2D eigenvalue weighted by Gasteiger charge is -2.34. The molecule has 0 aliphatic heterocycles. The minimum atomic E-state index is 0.237. The highest BCUT2D eigenvalue weighted by atomic mass is 16.5. The third-order valence-corrected chi connectivity index (χ3v) is 3.60. The van der Waals surface area contributed by atoms with Crippen LogP contribution >= 0.6 is 0 Å². The predicted molar refractivity (Wildman–Crippen MR) is 74.3 cm³/mol. The van der Waals surface area contributed by atoms with Gasteiger partial charge in [0, 0.05) is 5.54 Å². The Labute approximate surface area is 108 Å². The summed E-state index contributed by atoms with van der Waals surface area (Å²) in [7, 11) is 0. The van der Waals surface area contributed by atoms with E-state index >= 15 is 0 Å². The zero-order valence-corrected chi connectivity index (χ0v) is 12.4.